The standard InChI is InChI=1S/C15H27NO2/c1-3-15(14(17)18)10-7-11-16(15)12(2)13-8-5-4-6-9-13/h12-13H,3-11H2,1-2H3,(H,17,18). The highest BCUT2D eigenvalue weighted by Crippen LogP contribution is 2.39. The predicted molar refractivity (Wildman–Crippen MR) is 72.6 cm³/mol. The van der Waals surface area contributed by atoms with Gasteiger partial charge in [-0.2, -0.15) is 0 Å². The lowest BCUT2D eigenvalue weighted by molar-refractivity contribution is -0.152. The molecule has 0 bridgehead atoms. The molecular formula is C15H27NO2. The Morgan fingerprint density at radius 1 is 1.33 bits per heavy atom. The lowest BCUT2D eigenvalue weighted by atomic mass is 9.82. The second-order valence-electron chi connectivity index (χ2n) is 6.13. The minimum Gasteiger partial charge on any atom is -0.480 e. The highest BCUT2D eigenvalue weighted by atomic mass is 16.4. The van der Waals surface area contributed by atoms with E-state index in [0.717, 1.165) is 25.8 Å². The van der Waals surface area contributed by atoms with Gasteiger partial charge < -0.3 is 5.11 Å². The smallest absolute Gasteiger partial charge is 0.324 e. The molecule has 1 saturated heterocycles. The summed E-state index contributed by atoms with van der Waals surface area (Å²) in [7, 11) is 0. The van der Waals surface area contributed by atoms with Gasteiger partial charge >= 0.3 is 5.97 Å². The highest BCUT2D eigenvalue weighted by Gasteiger charge is 2.49. The first kappa shape index (κ1) is 13.9. The van der Waals surface area contributed by atoms with Gasteiger partial charge in [-0.15, -0.1) is 0 Å². The first-order valence-corrected chi connectivity index (χ1v) is 7.62. The second kappa shape index (κ2) is 5.60. The maximum Gasteiger partial charge on any atom is 0.324 e. The number of likely N-dealkylation sites (tertiary alicyclic amines) is 1. The maximum absolute atomic E-state index is 11.7. The van der Waals surface area contributed by atoms with Crippen molar-refractivity contribution < 1.29 is 9.90 Å². The third-order valence-electron chi connectivity index (χ3n) is 5.35. The predicted octanol–water partition coefficient (Wildman–Crippen LogP) is 3.28. The molecule has 0 amide bonds. The normalized spacial score (nSPS) is 32.6. The Balaban J connectivity index is 2.12. The Labute approximate surface area is 111 Å². The third kappa shape index (κ3) is 2.29. The molecule has 0 aromatic heterocycles. The number of carbonyl (C=O) groups is 1. The first-order valence-electron chi connectivity index (χ1n) is 7.62. The van der Waals surface area contributed by atoms with Gasteiger partial charge in [-0.25, -0.2) is 0 Å². The van der Waals surface area contributed by atoms with E-state index in [4.69, 9.17) is 0 Å². The van der Waals surface area contributed by atoms with Crippen LogP contribution in [0.2, 0.25) is 0 Å². The molecule has 0 aromatic rings. The van der Waals surface area contributed by atoms with E-state index in [1.54, 1.807) is 0 Å². The van der Waals surface area contributed by atoms with Gasteiger partial charge in [0.25, 0.3) is 0 Å². The molecule has 2 rings (SSSR count). The van der Waals surface area contributed by atoms with E-state index in [-0.39, 0.29) is 0 Å². The summed E-state index contributed by atoms with van der Waals surface area (Å²) in [5, 5.41) is 9.64. The lowest BCUT2D eigenvalue weighted by Gasteiger charge is -2.42. The Morgan fingerprint density at radius 2 is 2.00 bits per heavy atom. The molecule has 2 aliphatic rings. The monoisotopic (exact) mass is 253 g/mol. The van der Waals surface area contributed by atoms with Crippen molar-refractivity contribution in [3.8, 4) is 0 Å². The molecule has 18 heavy (non-hydrogen) atoms. The average molecular weight is 253 g/mol. The molecule has 1 aliphatic heterocycles. The average Bonchev–Trinajstić information content (AvgIpc) is 2.84. The van der Waals surface area contributed by atoms with Crippen LogP contribution >= 0.6 is 0 Å². The van der Waals surface area contributed by atoms with Gasteiger partial charge in [-0.1, -0.05) is 26.2 Å². The summed E-state index contributed by atoms with van der Waals surface area (Å²) in [6, 6.07) is 0.434. The molecule has 104 valence electrons. The zero-order valence-electron chi connectivity index (χ0n) is 11.8. The summed E-state index contributed by atoms with van der Waals surface area (Å²) in [6.07, 6.45) is 9.20. The number of hydrogen-bond acceptors (Lipinski definition) is 2. The van der Waals surface area contributed by atoms with E-state index in [9.17, 15) is 9.90 Å². The Kier molecular flexibility index (Phi) is 4.31. The zero-order valence-corrected chi connectivity index (χ0v) is 11.8. The van der Waals surface area contributed by atoms with E-state index >= 15 is 0 Å². The van der Waals surface area contributed by atoms with Crippen LogP contribution in [0.25, 0.3) is 0 Å². The van der Waals surface area contributed by atoms with E-state index < -0.39 is 11.5 Å². The van der Waals surface area contributed by atoms with Gasteiger partial charge in [0, 0.05) is 6.04 Å². The molecule has 1 saturated carbocycles. The van der Waals surface area contributed by atoms with Crippen LogP contribution in [0.1, 0.15) is 65.2 Å². The van der Waals surface area contributed by atoms with Crippen molar-refractivity contribution in [2.24, 2.45) is 5.92 Å². The molecule has 0 spiro atoms. The van der Waals surface area contributed by atoms with Crippen molar-refractivity contribution in [1.82, 2.24) is 4.90 Å². The van der Waals surface area contributed by atoms with E-state index in [2.05, 4.69) is 11.8 Å². The quantitative estimate of drug-likeness (QED) is 0.836. The van der Waals surface area contributed by atoms with Gasteiger partial charge in [0.2, 0.25) is 0 Å². The van der Waals surface area contributed by atoms with E-state index in [1.165, 1.54) is 32.1 Å². The van der Waals surface area contributed by atoms with Crippen molar-refractivity contribution in [1.29, 1.82) is 0 Å². The molecule has 2 atom stereocenters. The Bertz CT molecular complexity index is 299. The van der Waals surface area contributed by atoms with Gasteiger partial charge in [-0.05, 0) is 51.5 Å². The van der Waals surface area contributed by atoms with Gasteiger partial charge in [0.1, 0.15) is 5.54 Å². The van der Waals surface area contributed by atoms with Crippen molar-refractivity contribution in [3.05, 3.63) is 0 Å². The zero-order chi connectivity index (χ0) is 13.2. The largest absolute Gasteiger partial charge is 0.480 e. The molecule has 2 unspecified atom stereocenters. The number of nitrogens with zero attached hydrogens (tertiary/aromatic N) is 1. The fourth-order valence-corrected chi connectivity index (χ4v) is 4.12. The van der Waals surface area contributed by atoms with Crippen LogP contribution in [0.15, 0.2) is 0 Å². The Morgan fingerprint density at radius 3 is 2.56 bits per heavy atom. The Hall–Kier alpha value is -0.570. The maximum atomic E-state index is 11.7. The summed E-state index contributed by atoms with van der Waals surface area (Å²) in [5.41, 5.74) is -0.573. The summed E-state index contributed by atoms with van der Waals surface area (Å²) < 4.78 is 0. The van der Waals surface area contributed by atoms with Crippen LogP contribution in [0.4, 0.5) is 0 Å². The number of carboxylic acid groups (broad SMARTS) is 1. The van der Waals surface area contributed by atoms with Crippen molar-refractivity contribution >= 4 is 5.97 Å². The number of rotatable bonds is 4. The molecule has 1 aliphatic carbocycles. The molecule has 0 aromatic carbocycles. The van der Waals surface area contributed by atoms with Crippen LogP contribution in [-0.2, 0) is 4.79 Å². The van der Waals surface area contributed by atoms with Crippen LogP contribution in [0, 0.1) is 5.92 Å². The van der Waals surface area contributed by atoms with Gasteiger partial charge in [0.05, 0.1) is 0 Å². The summed E-state index contributed by atoms with van der Waals surface area (Å²) in [5.74, 6) is 0.104. The summed E-state index contributed by atoms with van der Waals surface area (Å²) >= 11 is 0. The number of aliphatic carboxylic acids is 1. The van der Waals surface area contributed by atoms with Crippen molar-refractivity contribution in [3.63, 3.8) is 0 Å². The van der Waals surface area contributed by atoms with E-state index in [0.29, 0.717) is 12.0 Å². The summed E-state index contributed by atoms with van der Waals surface area (Å²) in [6.45, 7) is 5.26. The highest BCUT2D eigenvalue weighted by molar-refractivity contribution is 5.79. The topological polar surface area (TPSA) is 40.5 Å². The molecular weight excluding hydrogens is 226 g/mol. The lowest BCUT2D eigenvalue weighted by Crippen LogP contribution is -2.55. The second-order valence-corrected chi connectivity index (χ2v) is 6.13. The molecule has 0 radical (unpaired) electrons. The van der Waals surface area contributed by atoms with E-state index in [1.807, 2.05) is 6.92 Å². The minimum absolute atomic E-state index is 0.434. The van der Waals surface area contributed by atoms with Crippen molar-refractivity contribution in [2.45, 2.75) is 76.8 Å². The fraction of sp³-hybridized carbons (Fsp3) is 0.933. The minimum atomic E-state index is -0.606. The molecule has 1 N–H and O–H groups in total. The first-order chi connectivity index (χ1) is 8.62. The molecule has 3 heteroatoms. The third-order valence-corrected chi connectivity index (χ3v) is 5.35. The molecule has 3 nitrogen and oxygen atoms in total. The number of hydrogen-bond donors (Lipinski definition) is 1. The molecule has 1 heterocycles. The van der Waals surface area contributed by atoms with Crippen LogP contribution in [-0.4, -0.2) is 34.1 Å². The van der Waals surface area contributed by atoms with Crippen LogP contribution in [0.5, 0.6) is 0 Å². The van der Waals surface area contributed by atoms with Gasteiger partial charge in [0.15, 0.2) is 0 Å². The van der Waals surface area contributed by atoms with Gasteiger partial charge in [-0.3, -0.25) is 9.69 Å². The van der Waals surface area contributed by atoms with Crippen LogP contribution in [0.3, 0.4) is 0 Å². The SMILES string of the molecule is CCC1(C(=O)O)CCCN1C(C)C1CCCCC1. The van der Waals surface area contributed by atoms with Crippen molar-refractivity contribution in [2.75, 3.05) is 6.54 Å². The number of carboxylic acids is 1. The molecule has 2 fully saturated rings. The van der Waals surface area contributed by atoms with Crippen LogP contribution < -0.4 is 0 Å². The fourth-order valence-electron chi connectivity index (χ4n) is 4.12. The summed E-state index contributed by atoms with van der Waals surface area (Å²) in [4.78, 5) is 14.0.